The molecule has 2 rings (SSSR count). The van der Waals surface area contributed by atoms with E-state index in [1.807, 2.05) is 37.3 Å². The van der Waals surface area contributed by atoms with Crippen LogP contribution in [0.15, 0.2) is 36.5 Å². The molecule has 2 aromatic heterocycles. The summed E-state index contributed by atoms with van der Waals surface area (Å²) in [4.78, 5) is 8.51. The fourth-order valence-electron chi connectivity index (χ4n) is 1.41. The third-order valence-corrected chi connectivity index (χ3v) is 2.54. The minimum absolute atomic E-state index is 0.416. The third-order valence-electron chi connectivity index (χ3n) is 2.27. The van der Waals surface area contributed by atoms with E-state index in [-0.39, 0.29) is 0 Å². The first-order valence-corrected chi connectivity index (χ1v) is 5.87. The first kappa shape index (κ1) is 11.9. The van der Waals surface area contributed by atoms with Crippen molar-refractivity contribution >= 4 is 11.6 Å². The van der Waals surface area contributed by atoms with E-state index in [2.05, 4.69) is 9.97 Å². The van der Waals surface area contributed by atoms with Gasteiger partial charge in [-0.25, -0.2) is 0 Å². The zero-order valence-electron chi connectivity index (χ0n) is 9.56. The van der Waals surface area contributed by atoms with Crippen molar-refractivity contribution in [1.29, 1.82) is 0 Å². The van der Waals surface area contributed by atoms with Crippen LogP contribution in [0.2, 0.25) is 0 Å². The number of ether oxygens (including phenoxy) is 1. The van der Waals surface area contributed by atoms with Gasteiger partial charge in [0.2, 0.25) is 0 Å². The second-order valence-electron chi connectivity index (χ2n) is 3.68. The lowest BCUT2D eigenvalue weighted by molar-refractivity contribution is 0.300. The number of rotatable bonds is 4. The summed E-state index contributed by atoms with van der Waals surface area (Å²) in [6.07, 6.45) is 1.67. The molecule has 0 N–H and O–H groups in total. The Balaban J connectivity index is 1.97. The number of aromatic nitrogens is 2. The Morgan fingerprint density at radius 2 is 2.06 bits per heavy atom. The maximum atomic E-state index is 5.66. The van der Waals surface area contributed by atoms with Gasteiger partial charge in [-0.3, -0.25) is 9.97 Å². The van der Waals surface area contributed by atoms with E-state index in [0.717, 1.165) is 22.8 Å². The molecule has 2 aromatic rings. The van der Waals surface area contributed by atoms with Crippen LogP contribution in [0.3, 0.4) is 0 Å². The van der Waals surface area contributed by atoms with Crippen molar-refractivity contribution in [3.63, 3.8) is 0 Å². The number of hydrogen-bond donors (Lipinski definition) is 0. The highest BCUT2D eigenvalue weighted by atomic mass is 35.5. The second kappa shape index (κ2) is 5.64. The highest BCUT2D eigenvalue weighted by Crippen LogP contribution is 2.12. The molecule has 0 radical (unpaired) electrons. The summed E-state index contributed by atoms with van der Waals surface area (Å²) >= 11 is 5.66. The Labute approximate surface area is 105 Å². The zero-order valence-corrected chi connectivity index (χ0v) is 10.3. The molecule has 0 saturated carbocycles. The highest BCUT2D eigenvalue weighted by Gasteiger charge is 1.98. The Kier molecular flexibility index (Phi) is 3.94. The van der Waals surface area contributed by atoms with Crippen molar-refractivity contribution in [2.24, 2.45) is 0 Å². The SMILES string of the molecule is Cc1cccc(COc2ccc(CCl)nc2)n1. The van der Waals surface area contributed by atoms with E-state index in [1.54, 1.807) is 6.20 Å². The molecule has 0 aliphatic heterocycles. The van der Waals surface area contributed by atoms with Gasteiger partial charge in [0.25, 0.3) is 0 Å². The first-order valence-electron chi connectivity index (χ1n) is 5.34. The summed E-state index contributed by atoms with van der Waals surface area (Å²) in [6.45, 7) is 2.41. The predicted molar refractivity (Wildman–Crippen MR) is 67.1 cm³/mol. The van der Waals surface area contributed by atoms with Gasteiger partial charge in [0.15, 0.2) is 0 Å². The average Bonchev–Trinajstić information content (AvgIpc) is 2.37. The van der Waals surface area contributed by atoms with E-state index in [9.17, 15) is 0 Å². The Morgan fingerprint density at radius 3 is 2.71 bits per heavy atom. The fraction of sp³-hybridized carbons (Fsp3) is 0.231. The Bertz CT molecular complexity index is 485. The summed E-state index contributed by atoms with van der Waals surface area (Å²) in [7, 11) is 0. The molecule has 2 heterocycles. The van der Waals surface area contributed by atoms with Crippen LogP contribution in [0.25, 0.3) is 0 Å². The first-order chi connectivity index (χ1) is 8.28. The molecule has 0 atom stereocenters. The quantitative estimate of drug-likeness (QED) is 0.780. The van der Waals surface area contributed by atoms with Crippen LogP contribution in [0.1, 0.15) is 17.1 Å². The van der Waals surface area contributed by atoms with Crippen LogP contribution >= 0.6 is 11.6 Å². The van der Waals surface area contributed by atoms with E-state index in [1.165, 1.54) is 0 Å². The van der Waals surface area contributed by atoms with E-state index in [0.29, 0.717) is 12.5 Å². The van der Waals surface area contributed by atoms with Crippen LogP contribution in [-0.2, 0) is 12.5 Å². The van der Waals surface area contributed by atoms with Crippen LogP contribution in [-0.4, -0.2) is 9.97 Å². The van der Waals surface area contributed by atoms with Crippen LogP contribution in [0.4, 0.5) is 0 Å². The number of halogens is 1. The van der Waals surface area contributed by atoms with Crippen LogP contribution in [0, 0.1) is 6.92 Å². The summed E-state index contributed by atoms with van der Waals surface area (Å²) in [5, 5.41) is 0. The Hall–Kier alpha value is -1.61. The lowest BCUT2D eigenvalue weighted by Gasteiger charge is -2.06. The molecule has 0 aliphatic carbocycles. The number of nitrogens with zero attached hydrogens (tertiary/aromatic N) is 2. The molecule has 3 nitrogen and oxygen atoms in total. The third kappa shape index (κ3) is 3.43. The van der Waals surface area contributed by atoms with Gasteiger partial charge < -0.3 is 4.74 Å². The molecule has 17 heavy (non-hydrogen) atoms. The Morgan fingerprint density at radius 1 is 1.18 bits per heavy atom. The average molecular weight is 249 g/mol. The molecule has 0 unspecified atom stereocenters. The molecule has 0 aliphatic rings. The van der Waals surface area contributed by atoms with E-state index >= 15 is 0 Å². The normalized spacial score (nSPS) is 10.2. The second-order valence-corrected chi connectivity index (χ2v) is 3.95. The molecule has 0 fully saturated rings. The van der Waals surface area contributed by atoms with E-state index < -0.39 is 0 Å². The molecular formula is C13H13ClN2O. The van der Waals surface area contributed by atoms with Gasteiger partial charge in [-0.1, -0.05) is 6.07 Å². The molecule has 0 aromatic carbocycles. The minimum Gasteiger partial charge on any atom is -0.486 e. The monoisotopic (exact) mass is 248 g/mol. The van der Waals surface area contributed by atoms with Gasteiger partial charge in [-0.15, -0.1) is 11.6 Å². The lowest BCUT2D eigenvalue weighted by atomic mass is 10.3. The molecule has 4 heteroatoms. The molecule has 0 amide bonds. The zero-order chi connectivity index (χ0) is 12.1. The van der Waals surface area contributed by atoms with Gasteiger partial charge in [0, 0.05) is 5.69 Å². The largest absolute Gasteiger partial charge is 0.486 e. The van der Waals surface area contributed by atoms with Crippen molar-refractivity contribution < 1.29 is 4.74 Å². The number of aryl methyl sites for hydroxylation is 1. The maximum Gasteiger partial charge on any atom is 0.138 e. The lowest BCUT2D eigenvalue weighted by Crippen LogP contribution is -1.99. The number of alkyl halides is 1. The van der Waals surface area contributed by atoms with Gasteiger partial charge in [0.1, 0.15) is 12.4 Å². The van der Waals surface area contributed by atoms with Crippen molar-refractivity contribution in [3.05, 3.63) is 53.6 Å². The van der Waals surface area contributed by atoms with Crippen molar-refractivity contribution in [3.8, 4) is 5.75 Å². The fourth-order valence-corrected chi connectivity index (χ4v) is 1.57. The van der Waals surface area contributed by atoms with Crippen LogP contribution < -0.4 is 4.74 Å². The maximum absolute atomic E-state index is 5.66. The molecule has 0 spiro atoms. The molecule has 0 saturated heterocycles. The summed E-state index contributed by atoms with van der Waals surface area (Å²) in [5.41, 5.74) is 2.74. The summed E-state index contributed by atoms with van der Waals surface area (Å²) in [5.74, 6) is 1.14. The van der Waals surface area contributed by atoms with Crippen molar-refractivity contribution in [2.75, 3.05) is 0 Å². The van der Waals surface area contributed by atoms with Crippen molar-refractivity contribution in [2.45, 2.75) is 19.4 Å². The topological polar surface area (TPSA) is 35.0 Å². The molecular weight excluding hydrogens is 236 g/mol. The van der Waals surface area contributed by atoms with Gasteiger partial charge in [0.05, 0.1) is 23.5 Å². The highest BCUT2D eigenvalue weighted by molar-refractivity contribution is 6.16. The molecule has 88 valence electrons. The summed E-state index contributed by atoms with van der Waals surface area (Å²) < 4.78 is 5.58. The smallest absolute Gasteiger partial charge is 0.138 e. The minimum atomic E-state index is 0.416. The molecule has 0 bridgehead atoms. The van der Waals surface area contributed by atoms with Gasteiger partial charge in [-0.2, -0.15) is 0 Å². The summed E-state index contributed by atoms with van der Waals surface area (Å²) in [6, 6.07) is 9.58. The van der Waals surface area contributed by atoms with Gasteiger partial charge >= 0.3 is 0 Å². The number of hydrogen-bond acceptors (Lipinski definition) is 3. The number of pyridine rings is 2. The standard InChI is InChI=1S/C13H13ClN2O/c1-10-3-2-4-12(16-10)9-17-13-6-5-11(7-14)15-8-13/h2-6,8H,7,9H2,1H3. The van der Waals surface area contributed by atoms with E-state index in [4.69, 9.17) is 16.3 Å². The predicted octanol–water partition coefficient (Wildman–Crippen LogP) is 3.10. The van der Waals surface area contributed by atoms with Gasteiger partial charge in [-0.05, 0) is 31.2 Å². The van der Waals surface area contributed by atoms with Crippen molar-refractivity contribution in [1.82, 2.24) is 9.97 Å². The van der Waals surface area contributed by atoms with Crippen LogP contribution in [0.5, 0.6) is 5.75 Å².